The third kappa shape index (κ3) is 4.05. The average molecular weight is 411 g/mol. The molecule has 0 aliphatic rings. The van der Waals surface area contributed by atoms with Gasteiger partial charge in [0.15, 0.2) is 9.84 Å². The summed E-state index contributed by atoms with van der Waals surface area (Å²) in [6.07, 6.45) is 2.28. The first-order valence-corrected chi connectivity index (χ1v) is 12.2. The minimum Gasteiger partial charge on any atom is -0.358 e. The maximum Gasteiger partial charge on any atom is 0.229 e. The first-order valence-electron chi connectivity index (χ1n) is 7.62. The molecule has 2 aromatic carbocycles. The van der Waals surface area contributed by atoms with E-state index in [2.05, 4.69) is 9.71 Å². The number of sulfonamides is 1. The normalized spacial score (nSPS) is 12.4. The number of sulfone groups is 1. The fraction of sp³-hybridized carbons (Fsp3) is 0.176. The van der Waals surface area contributed by atoms with Crippen LogP contribution in [0.15, 0.2) is 57.2 Å². The van der Waals surface area contributed by atoms with Crippen LogP contribution in [0, 0.1) is 6.92 Å². The van der Waals surface area contributed by atoms with Crippen molar-refractivity contribution in [3.05, 3.63) is 48.2 Å². The molecule has 0 aliphatic heterocycles. The van der Waals surface area contributed by atoms with E-state index in [1.807, 2.05) is 13.0 Å². The molecule has 1 aromatic heterocycles. The SMILES string of the molecule is Cc1[nH]c2cccc(NS(C)(=O)=O)c2c1Sc1ccc(S(C)(=O)=O)cc1. The zero-order valence-electron chi connectivity index (χ0n) is 14.4. The Kier molecular flexibility index (Phi) is 4.80. The van der Waals surface area contributed by atoms with Crippen molar-refractivity contribution >= 4 is 48.2 Å². The van der Waals surface area contributed by atoms with Crippen molar-refractivity contribution in [2.24, 2.45) is 0 Å². The van der Waals surface area contributed by atoms with Gasteiger partial charge in [-0.2, -0.15) is 0 Å². The number of fused-ring (bicyclic) bond motifs is 1. The first-order chi connectivity index (χ1) is 12.0. The van der Waals surface area contributed by atoms with Crippen molar-refractivity contribution in [2.75, 3.05) is 17.2 Å². The number of aromatic amines is 1. The third-order valence-corrected chi connectivity index (χ3v) is 6.66. The topological polar surface area (TPSA) is 96.1 Å². The number of aryl methyl sites for hydroxylation is 1. The monoisotopic (exact) mass is 410 g/mol. The molecule has 26 heavy (non-hydrogen) atoms. The smallest absolute Gasteiger partial charge is 0.229 e. The lowest BCUT2D eigenvalue weighted by atomic mass is 10.2. The molecule has 2 N–H and O–H groups in total. The summed E-state index contributed by atoms with van der Waals surface area (Å²) in [6.45, 7) is 1.91. The highest BCUT2D eigenvalue weighted by Gasteiger charge is 2.16. The predicted octanol–water partition coefficient (Wildman–Crippen LogP) is 3.40. The Balaban J connectivity index is 2.06. The second-order valence-electron chi connectivity index (χ2n) is 6.03. The molecule has 0 aliphatic carbocycles. The van der Waals surface area contributed by atoms with Crippen LogP contribution >= 0.6 is 11.8 Å². The zero-order valence-corrected chi connectivity index (χ0v) is 16.8. The zero-order chi connectivity index (χ0) is 19.1. The van der Waals surface area contributed by atoms with Gasteiger partial charge < -0.3 is 4.98 Å². The number of hydrogen-bond donors (Lipinski definition) is 2. The molecule has 0 saturated carbocycles. The van der Waals surface area contributed by atoms with Crippen molar-refractivity contribution in [3.63, 3.8) is 0 Å². The van der Waals surface area contributed by atoms with Crippen LogP contribution in [0.4, 0.5) is 5.69 Å². The van der Waals surface area contributed by atoms with Crippen LogP contribution in [0.3, 0.4) is 0 Å². The molecule has 0 amide bonds. The lowest BCUT2D eigenvalue weighted by molar-refractivity contribution is 0.601. The Bertz CT molecular complexity index is 1180. The number of H-pyrrole nitrogens is 1. The summed E-state index contributed by atoms with van der Waals surface area (Å²) in [5, 5.41) is 0.785. The molecule has 0 atom stereocenters. The highest BCUT2D eigenvalue weighted by atomic mass is 32.2. The molecule has 6 nitrogen and oxygen atoms in total. The summed E-state index contributed by atoms with van der Waals surface area (Å²) in [5.41, 5.74) is 2.23. The molecule has 3 rings (SSSR count). The molecule has 0 unspecified atom stereocenters. The number of nitrogens with one attached hydrogen (secondary N) is 2. The Labute approximate surface area is 157 Å². The van der Waals surface area contributed by atoms with Crippen LogP contribution < -0.4 is 4.72 Å². The van der Waals surface area contributed by atoms with E-state index in [1.165, 1.54) is 18.0 Å². The van der Waals surface area contributed by atoms with Gasteiger partial charge in [0.2, 0.25) is 10.0 Å². The molecule has 1 heterocycles. The Morgan fingerprint density at radius 1 is 0.962 bits per heavy atom. The van der Waals surface area contributed by atoms with Crippen LogP contribution in [0.25, 0.3) is 10.9 Å². The van der Waals surface area contributed by atoms with Crippen molar-refractivity contribution < 1.29 is 16.8 Å². The van der Waals surface area contributed by atoms with Crippen molar-refractivity contribution in [3.8, 4) is 0 Å². The number of anilines is 1. The largest absolute Gasteiger partial charge is 0.358 e. The van der Waals surface area contributed by atoms with Gasteiger partial charge in [-0.3, -0.25) is 4.72 Å². The fourth-order valence-electron chi connectivity index (χ4n) is 2.63. The Hall–Kier alpha value is -1.97. The maximum atomic E-state index is 11.7. The van der Waals surface area contributed by atoms with E-state index in [1.54, 1.807) is 36.4 Å². The lowest BCUT2D eigenvalue weighted by Crippen LogP contribution is -2.09. The van der Waals surface area contributed by atoms with E-state index in [-0.39, 0.29) is 4.90 Å². The highest BCUT2D eigenvalue weighted by molar-refractivity contribution is 7.99. The predicted molar refractivity (Wildman–Crippen MR) is 105 cm³/mol. The molecule has 0 fully saturated rings. The number of aromatic nitrogens is 1. The van der Waals surface area contributed by atoms with Crippen LogP contribution in [-0.2, 0) is 19.9 Å². The standard InChI is InChI=1S/C17H18N2O4S3/c1-11-17(24-12-7-9-13(10-8-12)25(2,20)21)16-14(18-11)5-4-6-15(16)19-26(3,22)23/h4-10,18-19H,1-3H3. The van der Waals surface area contributed by atoms with Gasteiger partial charge in [-0.25, -0.2) is 16.8 Å². The molecule has 0 bridgehead atoms. The highest BCUT2D eigenvalue weighted by Crippen LogP contribution is 2.40. The molecule has 138 valence electrons. The van der Waals surface area contributed by atoms with Gasteiger partial charge in [0, 0.05) is 32.6 Å². The van der Waals surface area contributed by atoms with E-state index < -0.39 is 19.9 Å². The van der Waals surface area contributed by atoms with Gasteiger partial charge in [0.1, 0.15) is 0 Å². The molecule has 0 saturated heterocycles. The van der Waals surface area contributed by atoms with Gasteiger partial charge in [-0.05, 0) is 43.3 Å². The van der Waals surface area contributed by atoms with E-state index >= 15 is 0 Å². The van der Waals surface area contributed by atoms with Crippen LogP contribution in [0.1, 0.15) is 5.69 Å². The molecule has 3 aromatic rings. The van der Waals surface area contributed by atoms with Crippen LogP contribution in [0.2, 0.25) is 0 Å². The van der Waals surface area contributed by atoms with Gasteiger partial charge in [-0.15, -0.1) is 0 Å². The Morgan fingerprint density at radius 3 is 2.19 bits per heavy atom. The maximum absolute atomic E-state index is 11.7. The first kappa shape index (κ1) is 18.8. The van der Waals surface area contributed by atoms with Crippen LogP contribution in [0.5, 0.6) is 0 Å². The number of hydrogen-bond acceptors (Lipinski definition) is 5. The Morgan fingerprint density at radius 2 is 1.62 bits per heavy atom. The summed E-state index contributed by atoms with van der Waals surface area (Å²) < 4.78 is 49.1. The second kappa shape index (κ2) is 6.64. The summed E-state index contributed by atoms with van der Waals surface area (Å²) in [5.74, 6) is 0. The van der Waals surface area contributed by atoms with Crippen molar-refractivity contribution in [2.45, 2.75) is 21.6 Å². The van der Waals surface area contributed by atoms with Gasteiger partial charge in [-0.1, -0.05) is 17.8 Å². The second-order valence-corrected chi connectivity index (χ2v) is 10.9. The summed E-state index contributed by atoms with van der Waals surface area (Å²) in [4.78, 5) is 5.26. The molecule has 9 heteroatoms. The van der Waals surface area contributed by atoms with E-state index in [0.29, 0.717) is 5.69 Å². The minimum absolute atomic E-state index is 0.261. The van der Waals surface area contributed by atoms with E-state index in [9.17, 15) is 16.8 Å². The molecular formula is C17H18N2O4S3. The van der Waals surface area contributed by atoms with Crippen LogP contribution in [-0.4, -0.2) is 34.3 Å². The van der Waals surface area contributed by atoms with Gasteiger partial charge in [0.05, 0.1) is 16.8 Å². The number of rotatable bonds is 5. The molecular weight excluding hydrogens is 392 g/mol. The van der Waals surface area contributed by atoms with Crippen molar-refractivity contribution in [1.82, 2.24) is 4.98 Å². The lowest BCUT2D eigenvalue weighted by Gasteiger charge is -2.08. The van der Waals surface area contributed by atoms with E-state index in [4.69, 9.17) is 0 Å². The van der Waals surface area contributed by atoms with Crippen molar-refractivity contribution in [1.29, 1.82) is 0 Å². The fourth-order valence-corrected chi connectivity index (χ4v) is 4.87. The third-order valence-electron chi connectivity index (χ3n) is 3.72. The minimum atomic E-state index is -3.41. The van der Waals surface area contributed by atoms with Gasteiger partial charge >= 0.3 is 0 Å². The molecule has 0 radical (unpaired) electrons. The summed E-state index contributed by atoms with van der Waals surface area (Å²) in [6, 6.07) is 12.0. The summed E-state index contributed by atoms with van der Waals surface area (Å²) in [7, 11) is -6.65. The summed E-state index contributed by atoms with van der Waals surface area (Å²) >= 11 is 1.45. The average Bonchev–Trinajstić information content (AvgIpc) is 2.82. The quantitative estimate of drug-likeness (QED) is 0.672. The van der Waals surface area contributed by atoms with Gasteiger partial charge in [0.25, 0.3) is 0 Å². The van der Waals surface area contributed by atoms with E-state index in [0.717, 1.165) is 32.6 Å². The molecule has 0 spiro atoms. The number of benzene rings is 2.